The van der Waals surface area contributed by atoms with Crippen molar-refractivity contribution in [2.75, 3.05) is 26.2 Å². The van der Waals surface area contributed by atoms with Crippen molar-refractivity contribution in [1.29, 1.82) is 0 Å². The summed E-state index contributed by atoms with van der Waals surface area (Å²) in [6.07, 6.45) is 4.17. The van der Waals surface area contributed by atoms with Crippen LogP contribution >= 0.6 is 0 Å². The molecule has 1 unspecified atom stereocenters. The lowest BCUT2D eigenvalue weighted by Gasteiger charge is -2.28. The van der Waals surface area contributed by atoms with Crippen LogP contribution in [0.5, 0.6) is 0 Å². The molecule has 0 bridgehead atoms. The summed E-state index contributed by atoms with van der Waals surface area (Å²) >= 11 is 0. The third kappa shape index (κ3) is 5.54. The molecule has 3 heteroatoms. The molecule has 0 saturated carbocycles. The molecule has 1 aliphatic heterocycles. The number of Topliss-reactive ketones (excluding diaryl/α,β-unsaturated/α-hetero) is 1. The molecule has 1 heterocycles. The van der Waals surface area contributed by atoms with Gasteiger partial charge in [0.15, 0.2) is 0 Å². The van der Waals surface area contributed by atoms with Gasteiger partial charge in [-0.25, -0.2) is 0 Å². The molecule has 0 N–H and O–H groups in total. The molecule has 1 saturated heterocycles. The standard InChI is InChI=1S/C19H30N2O/c1-3-12-21(13-7-8-17(2)22)19-11-14-20(16-19)15-18-9-5-4-6-10-18/h4-6,9-10,19H,3,7-8,11-16H2,1-2H3. The molecular weight excluding hydrogens is 272 g/mol. The smallest absolute Gasteiger partial charge is 0.129 e. The van der Waals surface area contributed by atoms with Crippen LogP contribution in [0.4, 0.5) is 0 Å². The topological polar surface area (TPSA) is 23.6 Å². The van der Waals surface area contributed by atoms with Gasteiger partial charge in [-0.15, -0.1) is 0 Å². The Hall–Kier alpha value is -1.19. The molecule has 1 fully saturated rings. The number of carbonyl (C=O) groups excluding carboxylic acids is 1. The van der Waals surface area contributed by atoms with Gasteiger partial charge < -0.3 is 4.79 Å². The van der Waals surface area contributed by atoms with Crippen LogP contribution in [-0.4, -0.2) is 47.8 Å². The minimum atomic E-state index is 0.313. The van der Waals surface area contributed by atoms with Crippen molar-refractivity contribution in [2.45, 2.75) is 52.1 Å². The lowest BCUT2D eigenvalue weighted by molar-refractivity contribution is -0.117. The molecule has 0 aromatic heterocycles. The summed E-state index contributed by atoms with van der Waals surface area (Å²) in [5.74, 6) is 0.313. The number of likely N-dealkylation sites (tertiary alicyclic amines) is 1. The predicted octanol–water partition coefficient (Wildman–Crippen LogP) is 3.34. The maximum Gasteiger partial charge on any atom is 0.129 e. The van der Waals surface area contributed by atoms with E-state index < -0.39 is 0 Å². The Kier molecular flexibility index (Phi) is 7.07. The van der Waals surface area contributed by atoms with E-state index in [1.165, 1.54) is 24.9 Å². The van der Waals surface area contributed by atoms with E-state index in [-0.39, 0.29) is 0 Å². The summed E-state index contributed by atoms with van der Waals surface area (Å²) in [5, 5.41) is 0. The third-order valence-corrected chi connectivity index (χ3v) is 4.50. The molecule has 1 aromatic carbocycles. The summed E-state index contributed by atoms with van der Waals surface area (Å²) in [5.41, 5.74) is 1.40. The van der Waals surface area contributed by atoms with Gasteiger partial charge in [0.1, 0.15) is 5.78 Å². The summed E-state index contributed by atoms with van der Waals surface area (Å²) in [4.78, 5) is 16.3. The average molecular weight is 302 g/mol. The van der Waals surface area contributed by atoms with Gasteiger partial charge in [-0.05, 0) is 44.8 Å². The molecule has 2 rings (SSSR count). The zero-order chi connectivity index (χ0) is 15.8. The first-order chi connectivity index (χ1) is 10.7. The summed E-state index contributed by atoms with van der Waals surface area (Å²) in [6, 6.07) is 11.4. The number of rotatable bonds is 9. The second-order valence-electron chi connectivity index (χ2n) is 6.50. The lowest BCUT2D eigenvalue weighted by Crippen LogP contribution is -2.38. The van der Waals surface area contributed by atoms with Crippen LogP contribution in [-0.2, 0) is 11.3 Å². The highest BCUT2D eigenvalue weighted by atomic mass is 16.1. The van der Waals surface area contributed by atoms with Gasteiger partial charge in [-0.3, -0.25) is 9.80 Å². The van der Waals surface area contributed by atoms with Crippen molar-refractivity contribution in [2.24, 2.45) is 0 Å². The third-order valence-electron chi connectivity index (χ3n) is 4.50. The van der Waals surface area contributed by atoms with Crippen molar-refractivity contribution in [1.82, 2.24) is 9.80 Å². The fourth-order valence-corrected chi connectivity index (χ4v) is 3.39. The van der Waals surface area contributed by atoms with Crippen molar-refractivity contribution in [3.05, 3.63) is 35.9 Å². The first-order valence-corrected chi connectivity index (χ1v) is 8.68. The van der Waals surface area contributed by atoms with Crippen molar-refractivity contribution in [3.8, 4) is 0 Å². The Bertz CT molecular complexity index is 446. The van der Waals surface area contributed by atoms with Gasteiger partial charge in [-0.1, -0.05) is 37.3 Å². The van der Waals surface area contributed by atoms with Crippen LogP contribution < -0.4 is 0 Å². The largest absolute Gasteiger partial charge is 0.300 e. The van der Waals surface area contributed by atoms with E-state index in [4.69, 9.17) is 0 Å². The van der Waals surface area contributed by atoms with E-state index in [1.807, 2.05) is 0 Å². The van der Waals surface area contributed by atoms with E-state index in [2.05, 4.69) is 47.1 Å². The number of nitrogens with zero attached hydrogens (tertiary/aromatic N) is 2. The molecule has 1 atom stereocenters. The van der Waals surface area contributed by atoms with Crippen LogP contribution in [0.25, 0.3) is 0 Å². The zero-order valence-electron chi connectivity index (χ0n) is 14.1. The maximum absolute atomic E-state index is 11.1. The second kappa shape index (κ2) is 9.06. The quantitative estimate of drug-likeness (QED) is 0.699. The van der Waals surface area contributed by atoms with Gasteiger partial charge in [0.05, 0.1) is 0 Å². The van der Waals surface area contributed by atoms with Crippen LogP contribution in [0.3, 0.4) is 0 Å². The van der Waals surface area contributed by atoms with Crippen LogP contribution in [0, 0.1) is 0 Å². The molecule has 3 nitrogen and oxygen atoms in total. The Labute approximate surface area is 135 Å². The minimum absolute atomic E-state index is 0.313. The number of hydrogen-bond acceptors (Lipinski definition) is 3. The highest BCUT2D eigenvalue weighted by Crippen LogP contribution is 2.19. The van der Waals surface area contributed by atoms with Crippen molar-refractivity contribution in [3.63, 3.8) is 0 Å². The molecular formula is C19H30N2O. The average Bonchev–Trinajstić information content (AvgIpc) is 2.95. The molecule has 0 amide bonds. The second-order valence-corrected chi connectivity index (χ2v) is 6.50. The number of carbonyl (C=O) groups is 1. The summed E-state index contributed by atoms with van der Waals surface area (Å²) in [7, 11) is 0. The SMILES string of the molecule is CCCN(CCCC(C)=O)C1CCN(Cc2ccccc2)C1. The van der Waals surface area contributed by atoms with Crippen LogP contribution in [0.15, 0.2) is 30.3 Å². The van der Waals surface area contributed by atoms with Crippen molar-refractivity contribution >= 4 is 5.78 Å². The van der Waals surface area contributed by atoms with E-state index in [1.54, 1.807) is 6.92 Å². The Balaban J connectivity index is 1.81. The normalized spacial score (nSPS) is 19.0. The van der Waals surface area contributed by atoms with Gasteiger partial charge in [0.25, 0.3) is 0 Å². The van der Waals surface area contributed by atoms with Crippen LogP contribution in [0.2, 0.25) is 0 Å². The minimum Gasteiger partial charge on any atom is -0.300 e. The van der Waals surface area contributed by atoms with Gasteiger partial charge in [-0.2, -0.15) is 0 Å². The van der Waals surface area contributed by atoms with E-state index in [0.29, 0.717) is 11.8 Å². The molecule has 0 aliphatic carbocycles. The van der Waals surface area contributed by atoms with E-state index in [0.717, 1.165) is 39.0 Å². The lowest BCUT2D eigenvalue weighted by atomic mass is 10.1. The number of hydrogen-bond donors (Lipinski definition) is 0. The first kappa shape index (κ1) is 17.2. The van der Waals surface area contributed by atoms with Gasteiger partial charge >= 0.3 is 0 Å². The molecule has 0 spiro atoms. The van der Waals surface area contributed by atoms with Gasteiger partial charge in [0, 0.05) is 32.1 Å². The fraction of sp³-hybridized carbons (Fsp3) is 0.632. The summed E-state index contributed by atoms with van der Waals surface area (Å²) in [6.45, 7) is 9.57. The highest BCUT2D eigenvalue weighted by molar-refractivity contribution is 5.75. The van der Waals surface area contributed by atoms with Gasteiger partial charge in [0.2, 0.25) is 0 Å². The van der Waals surface area contributed by atoms with E-state index in [9.17, 15) is 4.79 Å². The van der Waals surface area contributed by atoms with E-state index >= 15 is 0 Å². The molecule has 22 heavy (non-hydrogen) atoms. The Morgan fingerprint density at radius 2 is 2.05 bits per heavy atom. The molecule has 1 aromatic rings. The molecule has 0 radical (unpaired) electrons. The maximum atomic E-state index is 11.1. The zero-order valence-corrected chi connectivity index (χ0v) is 14.1. The Morgan fingerprint density at radius 1 is 1.27 bits per heavy atom. The molecule has 1 aliphatic rings. The van der Waals surface area contributed by atoms with Crippen LogP contribution in [0.1, 0.15) is 45.1 Å². The Morgan fingerprint density at radius 3 is 2.73 bits per heavy atom. The predicted molar refractivity (Wildman–Crippen MR) is 91.9 cm³/mol. The number of ketones is 1. The fourth-order valence-electron chi connectivity index (χ4n) is 3.39. The summed E-state index contributed by atoms with van der Waals surface area (Å²) < 4.78 is 0. The van der Waals surface area contributed by atoms with Crippen molar-refractivity contribution < 1.29 is 4.79 Å². The monoisotopic (exact) mass is 302 g/mol. The first-order valence-electron chi connectivity index (χ1n) is 8.68. The molecule has 122 valence electrons. The highest BCUT2D eigenvalue weighted by Gasteiger charge is 2.26. The number of benzene rings is 1.